The van der Waals surface area contributed by atoms with Crippen LogP contribution in [0.1, 0.15) is 23.6 Å². The molecular formula is C13H16F3N3O. The number of rotatable bonds is 3. The van der Waals surface area contributed by atoms with Crippen LogP contribution >= 0.6 is 0 Å². The first-order valence-corrected chi connectivity index (χ1v) is 6.35. The molecule has 1 aromatic carbocycles. The Hall–Kier alpha value is -1.76. The Kier molecular flexibility index (Phi) is 4.17. The Morgan fingerprint density at radius 2 is 2.05 bits per heavy atom. The molecule has 110 valence electrons. The highest BCUT2D eigenvalue weighted by Gasteiger charge is 2.36. The summed E-state index contributed by atoms with van der Waals surface area (Å²) in [7, 11) is 0. The first-order valence-electron chi connectivity index (χ1n) is 6.35. The van der Waals surface area contributed by atoms with Crippen molar-refractivity contribution in [1.29, 1.82) is 0 Å². The zero-order valence-corrected chi connectivity index (χ0v) is 10.8. The minimum Gasteiger partial charge on any atom is -0.331 e. The lowest BCUT2D eigenvalue weighted by atomic mass is 9.96. The SMILES string of the molecule is NCCN1CCC(c2ccccc2C(F)(F)F)NC1=O. The Bertz CT molecular complexity index is 490. The van der Waals surface area contributed by atoms with Crippen molar-refractivity contribution in [2.24, 2.45) is 5.73 Å². The summed E-state index contributed by atoms with van der Waals surface area (Å²) >= 11 is 0. The quantitative estimate of drug-likeness (QED) is 0.894. The van der Waals surface area contributed by atoms with Gasteiger partial charge in [0.15, 0.2) is 0 Å². The fraction of sp³-hybridized carbons (Fsp3) is 0.462. The van der Waals surface area contributed by atoms with Crippen molar-refractivity contribution in [1.82, 2.24) is 10.2 Å². The van der Waals surface area contributed by atoms with Gasteiger partial charge in [0.05, 0.1) is 11.6 Å². The molecule has 0 saturated carbocycles. The maximum Gasteiger partial charge on any atom is 0.416 e. The number of nitrogens with two attached hydrogens (primary N) is 1. The average molecular weight is 287 g/mol. The van der Waals surface area contributed by atoms with Gasteiger partial charge < -0.3 is 16.0 Å². The number of nitrogens with one attached hydrogen (secondary N) is 1. The van der Waals surface area contributed by atoms with Gasteiger partial charge >= 0.3 is 12.2 Å². The second-order valence-electron chi connectivity index (χ2n) is 4.65. The Balaban J connectivity index is 2.20. The summed E-state index contributed by atoms with van der Waals surface area (Å²) in [5.41, 5.74) is 4.79. The van der Waals surface area contributed by atoms with Crippen LogP contribution in [0.25, 0.3) is 0 Å². The van der Waals surface area contributed by atoms with E-state index in [4.69, 9.17) is 5.73 Å². The minimum atomic E-state index is -4.42. The maximum atomic E-state index is 13.0. The van der Waals surface area contributed by atoms with Crippen LogP contribution in [0.3, 0.4) is 0 Å². The topological polar surface area (TPSA) is 58.4 Å². The van der Waals surface area contributed by atoms with Gasteiger partial charge in [-0.3, -0.25) is 0 Å². The molecule has 1 fully saturated rings. The fourth-order valence-corrected chi connectivity index (χ4v) is 2.36. The molecule has 0 spiro atoms. The lowest BCUT2D eigenvalue weighted by Gasteiger charge is -2.33. The van der Waals surface area contributed by atoms with E-state index in [1.165, 1.54) is 17.0 Å². The van der Waals surface area contributed by atoms with Crippen molar-refractivity contribution >= 4 is 6.03 Å². The number of carbonyl (C=O) groups is 1. The molecule has 20 heavy (non-hydrogen) atoms. The van der Waals surface area contributed by atoms with Crippen LogP contribution in [0.5, 0.6) is 0 Å². The third-order valence-electron chi connectivity index (χ3n) is 3.31. The summed E-state index contributed by atoms with van der Waals surface area (Å²) in [6, 6.07) is 4.35. The van der Waals surface area contributed by atoms with E-state index in [9.17, 15) is 18.0 Å². The van der Waals surface area contributed by atoms with Gasteiger partial charge in [0.1, 0.15) is 0 Å². The summed E-state index contributed by atoms with van der Waals surface area (Å²) in [6.07, 6.45) is -3.99. The van der Waals surface area contributed by atoms with Crippen molar-refractivity contribution in [2.45, 2.75) is 18.6 Å². The number of amides is 2. The number of alkyl halides is 3. The predicted molar refractivity (Wildman–Crippen MR) is 68.0 cm³/mol. The summed E-state index contributed by atoms with van der Waals surface area (Å²) in [4.78, 5) is 13.3. The summed E-state index contributed by atoms with van der Waals surface area (Å²) in [5, 5.41) is 2.61. The minimum absolute atomic E-state index is 0.112. The van der Waals surface area contributed by atoms with E-state index in [-0.39, 0.29) is 11.6 Å². The standard InChI is InChI=1S/C13H16F3N3O/c14-13(15,16)10-4-2-1-3-9(10)11-5-7-19(8-6-17)12(20)18-11/h1-4,11H,5-8,17H2,(H,18,20). The van der Waals surface area contributed by atoms with Gasteiger partial charge in [0.25, 0.3) is 0 Å². The summed E-state index contributed by atoms with van der Waals surface area (Å²) < 4.78 is 38.9. The molecule has 1 heterocycles. The zero-order valence-electron chi connectivity index (χ0n) is 10.8. The number of hydrogen-bond acceptors (Lipinski definition) is 2. The van der Waals surface area contributed by atoms with Gasteiger partial charge in [-0.2, -0.15) is 13.2 Å². The van der Waals surface area contributed by atoms with Crippen molar-refractivity contribution in [3.8, 4) is 0 Å². The van der Waals surface area contributed by atoms with Crippen LogP contribution in [0.15, 0.2) is 24.3 Å². The van der Waals surface area contributed by atoms with Crippen molar-refractivity contribution in [2.75, 3.05) is 19.6 Å². The van der Waals surface area contributed by atoms with E-state index in [2.05, 4.69) is 5.32 Å². The molecule has 1 saturated heterocycles. The van der Waals surface area contributed by atoms with E-state index in [1.54, 1.807) is 6.07 Å². The highest BCUT2D eigenvalue weighted by Crippen LogP contribution is 2.36. The molecule has 2 amide bonds. The number of benzene rings is 1. The molecule has 7 heteroatoms. The monoisotopic (exact) mass is 287 g/mol. The molecule has 0 radical (unpaired) electrons. The predicted octanol–water partition coefficient (Wildman–Crippen LogP) is 2.12. The first-order chi connectivity index (χ1) is 9.43. The Morgan fingerprint density at radius 3 is 2.65 bits per heavy atom. The molecule has 1 aliphatic heterocycles. The largest absolute Gasteiger partial charge is 0.416 e. The van der Waals surface area contributed by atoms with E-state index >= 15 is 0 Å². The second kappa shape index (κ2) is 5.70. The number of halogens is 3. The molecule has 1 aromatic rings. The van der Waals surface area contributed by atoms with Crippen LogP contribution in [0, 0.1) is 0 Å². The molecule has 1 atom stereocenters. The van der Waals surface area contributed by atoms with Gasteiger partial charge in [-0.15, -0.1) is 0 Å². The molecule has 1 unspecified atom stereocenters. The zero-order chi connectivity index (χ0) is 14.8. The van der Waals surface area contributed by atoms with E-state index in [1.807, 2.05) is 0 Å². The van der Waals surface area contributed by atoms with E-state index in [0.717, 1.165) is 6.07 Å². The number of nitrogens with zero attached hydrogens (tertiary/aromatic N) is 1. The highest BCUT2D eigenvalue weighted by atomic mass is 19.4. The van der Waals surface area contributed by atoms with Crippen molar-refractivity contribution < 1.29 is 18.0 Å². The van der Waals surface area contributed by atoms with Crippen LogP contribution < -0.4 is 11.1 Å². The highest BCUT2D eigenvalue weighted by molar-refractivity contribution is 5.75. The maximum absolute atomic E-state index is 13.0. The van der Waals surface area contributed by atoms with Gasteiger partial charge in [-0.05, 0) is 18.1 Å². The lowest BCUT2D eigenvalue weighted by molar-refractivity contribution is -0.138. The molecule has 2 rings (SSSR count). The molecule has 0 aliphatic carbocycles. The van der Waals surface area contributed by atoms with Gasteiger partial charge in [0.2, 0.25) is 0 Å². The summed E-state index contributed by atoms with van der Waals surface area (Å²) in [5.74, 6) is 0. The van der Waals surface area contributed by atoms with Gasteiger partial charge in [-0.25, -0.2) is 4.79 Å². The molecule has 3 N–H and O–H groups in total. The van der Waals surface area contributed by atoms with E-state index < -0.39 is 17.8 Å². The smallest absolute Gasteiger partial charge is 0.331 e. The lowest BCUT2D eigenvalue weighted by Crippen LogP contribution is -2.49. The molecule has 1 aliphatic rings. The van der Waals surface area contributed by atoms with Gasteiger partial charge in [-0.1, -0.05) is 18.2 Å². The van der Waals surface area contributed by atoms with E-state index in [0.29, 0.717) is 26.1 Å². The number of urea groups is 1. The fourth-order valence-electron chi connectivity index (χ4n) is 2.36. The molecule has 4 nitrogen and oxygen atoms in total. The normalized spacial score (nSPS) is 19.9. The van der Waals surface area contributed by atoms with Crippen LogP contribution in [-0.2, 0) is 6.18 Å². The Morgan fingerprint density at radius 1 is 1.35 bits per heavy atom. The second-order valence-corrected chi connectivity index (χ2v) is 4.65. The molecule has 0 bridgehead atoms. The average Bonchev–Trinajstić information content (AvgIpc) is 2.40. The van der Waals surface area contributed by atoms with Crippen molar-refractivity contribution in [3.63, 3.8) is 0 Å². The van der Waals surface area contributed by atoms with Crippen LogP contribution in [0.4, 0.5) is 18.0 Å². The van der Waals surface area contributed by atoms with Crippen molar-refractivity contribution in [3.05, 3.63) is 35.4 Å². The van der Waals surface area contributed by atoms with Crippen LogP contribution in [-0.4, -0.2) is 30.6 Å². The number of carbonyl (C=O) groups excluding carboxylic acids is 1. The third-order valence-corrected chi connectivity index (χ3v) is 3.31. The van der Waals surface area contributed by atoms with Crippen LogP contribution in [0.2, 0.25) is 0 Å². The first kappa shape index (κ1) is 14.6. The Labute approximate surface area is 114 Å². The third kappa shape index (κ3) is 3.04. The van der Waals surface area contributed by atoms with Gasteiger partial charge in [0, 0.05) is 19.6 Å². The summed E-state index contributed by atoms with van der Waals surface area (Å²) in [6.45, 7) is 1.14. The molecular weight excluding hydrogens is 271 g/mol. The number of hydrogen-bond donors (Lipinski definition) is 2. The molecule has 0 aromatic heterocycles.